The van der Waals surface area contributed by atoms with E-state index in [1.54, 1.807) is 0 Å². The SMILES string of the molecule is C=N[C@@H](CCC(N)=O)C(N)=O. The molecule has 0 saturated carbocycles. The lowest BCUT2D eigenvalue weighted by atomic mass is 10.1. The third kappa shape index (κ3) is 4.07. The summed E-state index contributed by atoms with van der Waals surface area (Å²) in [7, 11) is 0. The van der Waals surface area contributed by atoms with Crippen molar-refractivity contribution in [2.75, 3.05) is 0 Å². The molecule has 0 heterocycles. The molecule has 62 valence electrons. The Morgan fingerprint density at radius 3 is 2.27 bits per heavy atom. The van der Waals surface area contributed by atoms with E-state index in [2.05, 4.69) is 11.7 Å². The molecule has 0 aromatic rings. The van der Waals surface area contributed by atoms with Crippen LogP contribution in [0.5, 0.6) is 0 Å². The van der Waals surface area contributed by atoms with Crippen molar-refractivity contribution in [1.82, 2.24) is 0 Å². The average Bonchev–Trinajstić information content (AvgIpc) is 1.87. The highest BCUT2D eigenvalue weighted by Crippen LogP contribution is 1.99. The highest BCUT2D eigenvalue weighted by molar-refractivity contribution is 5.82. The van der Waals surface area contributed by atoms with Gasteiger partial charge in [0.1, 0.15) is 6.04 Å². The number of nitrogens with zero attached hydrogens (tertiary/aromatic N) is 1. The number of hydrogen-bond acceptors (Lipinski definition) is 3. The minimum Gasteiger partial charge on any atom is -0.370 e. The van der Waals surface area contributed by atoms with Gasteiger partial charge in [0, 0.05) is 6.42 Å². The third-order valence-electron chi connectivity index (χ3n) is 1.21. The number of amides is 2. The Morgan fingerprint density at radius 1 is 1.45 bits per heavy atom. The number of hydrogen-bond donors (Lipinski definition) is 2. The molecule has 0 fully saturated rings. The second-order valence-electron chi connectivity index (χ2n) is 2.11. The first kappa shape index (κ1) is 9.61. The predicted octanol–water partition coefficient (Wildman–Crippen LogP) is -1.19. The first-order valence-corrected chi connectivity index (χ1v) is 3.11. The lowest BCUT2D eigenvalue weighted by Gasteiger charge is -2.04. The highest BCUT2D eigenvalue weighted by Gasteiger charge is 2.12. The number of carbonyl (C=O) groups excluding carboxylic acids is 2. The average molecular weight is 157 g/mol. The van der Waals surface area contributed by atoms with E-state index in [0.29, 0.717) is 0 Å². The largest absolute Gasteiger partial charge is 0.370 e. The van der Waals surface area contributed by atoms with Crippen LogP contribution in [0.4, 0.5) is 0 Å². The molecular weight excluding hydrogens is 146 g/mol. The van der Waals surface area contributed by atoms with Crippen molar-refractivity contribution in [2.24, 2.45) is 16.5 Å². The molecule has 0 saturated heterocycles. The molecule has 5 heteroatoms. The van der Waals surface area contributed by atoms with Crippen LogP contribution in [0.2, 0.25) is 0 Å². The molecule has 0 radical (unpaired) electrons. The third-order valence-corrected chi connectivity index (χ3v) is 1.21. The molecule has 1 atom stereocenters. The summed E-state index contributed by atoms with van der Waals surface area (Å²) in [5, 5.41) is 0. The molecule has 11 heavy (non-hydrogen) atoms. The topological polar surface area (TPSA) is 98.5 Å². The van der Waals surface area contributed by atoms with Crippen LogP contribution in [0.1, 0.15) is 12.8 Å². The van der Waals surface area contributed by atoms with Crippen LogP contribution in [0.15, 0.2) is 4.99 Å². The van der Waals surface area contributed by atoms with Gasteiger partial charge in [0.15, 0.2) is 0 Å². The Morgan fingerprint density at radius 2 is 2.00 bits per heavy atom. The van der Waals surface area contributed by atoms with Gasteiger partial charge in [-0.25, -0.2) is 0 Å². The minimum absolute atomic E-state index is 0.104. The van der Waals surface area contributed by atoms with Gasteiger partial charge in [-0.2, -0.15) is 0 Å². The predicted molar refractivity (Wildman–Crippen MR) is 41.0 cm³/mol. The second kappa shape index (κ2) is 4.43. The molecule has 4 N–H and O–H groups in total. The summed E-state index contributed by atoms with van der Waals surface area (Å²) in [5.74, 6) is -1.05. The summed E-state index contributed by atoms with van der Waals surface area (Å²) in [4.78, 5) is 24.2. The normalized spacial score (nSPS) is 12.0. The van der Waals surface area contributed by atoms with Crippen LogP contribution in [0, 0.1) is 0 Å². The molecule has 0 bridgehead atoms. The molecule has 0 aliphatic heterocycles. The van der Waals surface area contributed by atoms with Crippen LogP contribution in [-0.2, 0) is 9.59 Å². The molecule has 0 aromatic heterocycles. The van der Waals surface area contributed by atoms with Gasteiger partial charge in [0.05, 0.1) is 0 Å². The van der Waals surface area contributed by atoms with Crippen molar-refractivity contribution in [1.29, 1.82) is 0 Å². The Bertz CT molecular complexity index is 179. The number of carbonyl (C=O) groups is 2. The Kier molecular flexibility index (Phi) is 3.87. The van der Waals surface area contributed by atoms with Crippen molar-refractivity contribution in [3.05, 3.63) is 0 Å². The van der Waals surface area contributed by atoms with Gasteiger partial charge >= 0.3 is 0 Å². The summed E-state index contributed by atoms with van der Waals surface area (Å²) in [6.45, 7) is 3.16. The first-order valence-electron chi connectivity index (χ1n) is 3.11. The summed E-state index contributed by atoms with van der Waals surface area (Å²) in [6.07, 6.45) is 0.348. The maximum Gasteiger partial charge on any atom is 0.242 e. The van der Waals surface area contributed by atoms with Gasteiger partial charge in [0.2, 0.25) is 11.8 Å². The Balaban J connectivity index is 3.79. The number of rotatable bonds is 5. The second-order valence-corrected chi connectivity index (χ2v) is 2.11. The Hall–Kier alpha value is -1.39. The van der Waals surface area contributed by atoms with Crippen LogP contribution < -0.4 is 11.5 Å². The summed E-state index contributed by atoms with van der Waals surface area (Å²) < 4.78 is 0. The van der Waals surface area contributed by atoms with Crippen LogP contribution in [0.3, 0.4) is 0 Å². The molecule has 5 nitrogen and oxygen atoms in total. The maximum atomic E-state index is 10.5. The number of aliphatic imine (C=N–C) groups is 1. The lowest BCUT2D eigenvalue weighted by Crippen LogP contribution is -2.28. The molecule has 0 spiro atoms. The molecule has 0 aromatic carbocycles. The Labute approximate surface area is 64.5 Å². The maximum absolute atomic E-state index is 10.5. The minimum atomic E-state index is -0.692. The van der Waals surface area contributed by atoms with E-state index < -0.39 is 17.9 Å². The van der Waals surface area contributed by atoms with Crippen LogP contribution in [0.25, 0.3) is 0 Å². The molecule has 0 unspecified atom stereocenters. The van der Waals surface area contributed by atoms with E-state index in [1.807, 2.05) is 0 Å². The van der Waals surface area contributed by atoms with Gasteiger partial charge in [-0.05, 0) is 13.1 Å². The molecule has 2 amide bonds. The van der Waals surface area contributed by atoms with Gasteiger partial charge in [0.25, 0.3) is 0 Å². The standard InChI is InChI=1S/C6H11N3O2/c1-9-4(6(8)11)2-3-5(7)10/h4H,1-3H2,(H2,7,10)(H2,8,11)/t4-/m0/s1. The molecular formula is C6H11N3O2. The van der Waals surface area contributed by atoms with Gasteiger partial charge in [-0.15, -0.1) is 0 Å². The molecule has 0 rings (SSSR count). The summed E-state index contributed by atoms with van der Waals surface area (Å²) in [5.41, 5.74) is 9.75. The summed E-state index contributed by atoms with van der Waals surface area (Å²) in [6, 6.07) is -0.692. The summed E-state index contributed by atoms with van der Waals surface area (Å²) >= 11 is 0. The van der Waals surface area contributed by atoms with Crippen LogP contribution >= 0.6 is 0 Å². The smallest absolute Gasteiger partial charge is 0.242 e. The van der Waals surface area contributed by atoms with E-state index in [-0.39, 0.29) is 12.8 Å². The van der Waals surface area contributed by atoms with E-state index >= 15 is 0 Å². The number of nitrogens with two attached hydrogens (primary N) is 2. The van der Waals surface area contributed by atoms with E-state index in [9.17, 15) is 9.59 Å². The fourth-order valence-corrected chi connectivity index (χ4v) is 0.602. The van der Waals surface area contributed by atoms with Crippen molar-refractivity contribution in [3.63, 3.8) is 0 Å². The molecule has 0 aliphatic carbocycles. The van der Waals surface area contributed by atoms with Crippen molar-refractivity contribution in [3.8, 4) is 0 Å². The van der Waals surface area contributed by atoms with Gasteiger partial charge in [-0.3, -0.25) is 14.6 Å². The number of primary amides is 2. The zero-order chi connectivity index (χ0) is 8.85. The monoisotopic (exact) mass is 157 g/mol. The lowest BCUT2D eigenvalue weighted by molar-refractivity contribution is -0.120. The quantitative estimate of drug-likeness (QED) is 0.490. The van der Waals surface area contributed by atoms with Crippen molar-refractivity contribution < 1.29 is 9.59 Å². The van der Waals surface area contributed by atoms with E-state index in [0.717, 1.165) is 0 Å². The zero-order valence-electron chi connectivity index (χ0n) is 6.12. The van der Waals surface area contributed by atoms with Crippen molar-refractivity contribution in [2.45, 2.75) is 18.9 Å². The van der Waals surface area contributed by atoms with Gasteiger partial charge < -0.3 is 11.5 Å². The van der Waals surface area contributed by atoms with Crippen LogP contribution in [-0.4, -0.2) is 24.6 Å². The molecule has 0 aliphatic rings. The van der Waals surface area contributed by atoms with E-state index in [4.69, 9.17) is 11.5 Å². The first-order chi connectivity index (χ1) is 5.07. The zero-order valence-corrected chi connectivity index (χ0v) is 6.12. The highest BCUT2D eigenvalue weighted by atomic mass is 16.1. The fraction of sp³-hybridized carbons (Fsp3) is 0.500. The fourth-order valence-electron chi connectivity index (χ4n) is 0.602. The van der Waals surface area contributed by atoms with Gasteiger partial charge in [-0.1, -0.05) is 0 Å². The van der Waals surface area contributed by atoms with E-state index in [1.165, 1.54) is 0 Å². The van der Waals surface area contributed by atoms with Crippen molar-refractivity contribution >= 4 is 18.5 Å².